The Labute approximate surface area is 250 Å². The van der Waals surface area contributed by atoms with E-state index in [9.17, 15) is 44.0 Å². The number of aliphatic hydroxyl groups excluding tert-OH is 4. The van der Waals surface area contributed by atoms with Crippen molar-refractivity contribution in [1.82, 2.24) is 0 Å². The summed E-state index contributed by atoms with van der Waals surface area (Å²) in [7, 11) is -10.5. The Bertz CT molecular complexity index is 926. The quantitative estimate of drug-likeness (QED) is 0.0373. The maximum atomic E-state index is 12.6. The molecule has 1 saturated carbocycles. The first-order valence-electron chi connectivity index (χ1n) is 14.2. The van der Waals surface area contributed by atoms with Gasteiger partial charge in [0.15, 0.2) is 6.10 Å². The first kappa shape index (κ1) is 39.8. The van der Waals surface area contributed by atoms with Gasteiger partial charge in [-0.15, -0.1) is 6.58 Å². The van der Waals surface area contributed by atoms with E-state index in [1.54, 1.807) is 6.08 Å². The molecule has 16 nitrogen and oxygen atoms in total. The molecule has 1 rings (SSSR count). The lowest BCUT2D eigenvalue weighted by Gasteiger charge is -2.43. The summed E-state index contributed by atoms with van der Waals surface area (Å²) in [5.41, 5.74) is 0. The second-order valence-electron chi connectivity index (χ2n) is 10.2. The van der Waals surface area contributed by atoms with Crippen molar-refractivity contribution < 1.29 is 76.9 Å². The van der Waals surface area contributed by atoms with Gasteiger partial charge in [-0.05, 0) is 25.7 Å². The minimum absolute atomic E-state index is 0.0143. The van der Waals surface area contributed by atoms with E-state index in [0.717, 1.165) is 44.9 Å². The van der Waals surface area contributed by atoms with E-state index in [1.807, 2.05) is 0 Å². The van der Waals surface area contributed by atoms with Crippen molar-refractivity contribution in [2.75, 3.05) is 13.2 Å². The highest BCUT2D eigenvalue weighted by molar-refractivity contribution is 7.47. The number of esters is 2. The van der Waals surface area contributed by atoms with Crippen LogP contribution in [-0.2, 0) is 41.8 Å². The van der Waals surface area contributed by atoms with E-state index in [-0.39, 0.29) is 12.8 Å². The summed E-state index contributed by atoms with van der Waals surface area (Å²) >= 11 is 0. The third kappa shape index (κ3) is 16.0. The Kier molecular flexibility index (Phi) is 18.5. The Morgan fingerprint density at radius 2 is 1.28 bits per heavy atom. The van der Waals surface area contributed by atoms with Crippen molar-refractivity contribution >= 4 is 27.6 Å². The molecule has 252 valence electrons. The molecule has 0 aromatic rings. The fraction of sp³-hybridized carbons (Fsp3) is 0.840. The Morgan fingerprint density at radius 3 is 1.81 bits per heavy atom. The van der Waals surface area contributed by atoms with Crippen molar-refractivity contribution in [2.45, 2.75) is 120 Å². The zero-order valence-corrected chi connectivity index (χ0v) is 26.0. The second kappa shape index (κ2) is 20.0. The molecule has 43 heavy (non-hydrogen) atoms. The van der Waals surface area contributed by atoms with E-state index in [2.05, 4.69) is 18.0 Å². The van der Waals surface area contributed by atoms with Crippen LogP contribution >= 0.6 is 15.6 Å². The lowest BCUT2D eigenvalue weighted by molar-refractivity contribution is -0.216. The molecule has 0 aliphatic heterocycles. The number of allylic oxidation sites excluding steroid dienone is 1. The summed E-state index contributed by atoms with van der Waals surface area (Å²) in [6.07, 6.45) is -5.62. The molecule has 0 spiro atoms. The Morgan fingerprint density at radius 1 is 0.767 bits per heavy atom. The summed E-state index contributed by atoms with van der Waals surface area (Å²) in [6.45, 7) is 4.34. The van der Waals surface area contributed by atoms with Gasteiger partial charge < -0.3 is 44.6 Å². The van der Waals surface area contributed by atoms with E-state index < -0.39 is 83.5 Å². The zero-order valence-electron chi connectivity index (χ0n) is 24.2. The number of phosphoric acid groups is 2. The molecular formula is C25H46O16P2. The molecule has 0 amide bonds. The van der Waals surface area contributed by atoms with Crippen LogP contribution in [0.25, 0.3) is 0 Å². The first-order valence-corrected chi connectivity index (χ1v) is 17.2. The molecule has 1 aliphatic rings. The molecule has 0 aromatic heterocycles. The van der Waals surface area contributed by atoms with Crippen LogP contribution in [0.5, 0.6) is 0 Å². The van der Waals surface area contributed by atoms with Crippen LogP contribution in [0.2, 0.25) is 0 Å². The van der Waals surface area contributed by atoms with Crippen LogP contribution in [0.3, 0.4) is 0 Å². The van der Waals surface area contributed by atoms with Crippen molar-refractivity contribution in [3.05, 3.63) is 12.7 Å². The largest absolute Gasteiger partial charge is 0.472 e. The van der Waals surface area contributed by atoms with Crippen LogP contribution in [0.15, 0.2) is 12.7 Å². The van der Waals surface area contributed by atoms with Gasteiger partial charge in [0.1, 0.15) is 43.2 Å². The van der Waals surface area contributed by atoms with E-state index in [4.69, 9.17) is 28.3 Å². The number of phosphoric ester groups is 2. The summed E-state index contributed by atoms with van der Waals surface area (Å²) in [5, 5.41) is 40.8. The van der Waals surface area contributed by atoms with Crippen LogP contribution < -0.4 is 0 Å². The van der Waals surface area contributed by atoms with E-state index in [1.165, 1.54) is 0 Å². The van der Waals surface area contributed by atoms with Gasteiger partial charge in [-0.3, -0.25) is 23.2 Å². The monoisotopic (exact) mass is 664 g/mol. The third-order valence-corrected chi connectivity index (χ3v) is 7.99. The number of hydrogen-bond acceptors (Lipinski definition) is 13. The fourth-order valence-corrected chi connectivity index (χ4v) is 5.72. The maximum absolute atomic E-state index is 12.6. The van der Waals surface area contributed by atoms with Crippen molar-refractivity contribution in [3.8, 4) is 0 Å². The van der Waals surface area contributed by atoms with Gasteiger partial charge in [0.2, 0.25) is 0 Å². The molecular weight excluding hydrogens is 618 g/mol. The molecule has 0 bridgehead atoms. The van der Waals surface area contributed by atoms with Crippen LogP contribution in [0, 0.1) is 0 Å². The molecule has 7 N–H and O–H groups in total. The highest BCUT2D eigenvalue weighted by Gasteiger charge is 2.54. The summed E-state index contributed by atoms with van der Waals surface area (Å²) < 4.78 is 48.0. The average Bonchev–Trinajstić information content (AvgIpc) is 2.93. The smallest absolute Gasteiger partial charge is 0.462 e. The Balaban J connectivity index is 2.81. The summed E-state index contributed by atoms with van der Waals surface area (Å²) in [4.78, 5) is 52.6. The van der Waals surface area contributed by atoms with Crippen molar-refractivity contribution in [1.29, 1.82) is 0 Å². The predicted octanol–water partition coefficient (Wildman–Crippen LogP) is 1.38. The molecule has 1 aliphatic carbocycles. The highest BCUT2D eigenvalue weighted by atomic mass is 31.2. The molecule has 0 radical (unpaired) electrons. The number of carbonyl (C=O) groups is 2. The molecule has 0 aromatic carbocycles. The number of aliphatic hydroxyl groups is 4. The number of hydrogen-bond donors (Lipinski definition) is 7. The Hall–Kier alpha value is -1.26. The normalized spacial score (nSPS) is 26.3. The van der Waals surface area contributed by atoms with Crippen molar-refractivity contribution in [3.63, 3.8) is 0 Å². The van der Waals surface area contributed by atoms with Gasteiger partial charge in [-0.1, -0.05) is 45.1 Å². The first-order chi connectivity index (χ1) is 20.1. The standard InChI is InChI=1S/C25H46O16P2/c1-3-5-7-9-11-13-18(26)37-15-17(39-19(27)14-12-10-8-6-4-2)16-38-43(35,36)41-25-22(30)20(28)24(21(29)23(25)31)40-42(32,33)34/h4,17,20-25,28-31H,2-3,5-16H2,1H3,(H,35,36)(H2,32,33,34)/t17-,20-,21+,22-,23-,24?,25?/m1/s1. The number of rotatable bonds is 22. The lowest BCUT2D eigenvalue weighted by atomic mass is 9.85. The molecule has 3 unspecified atom stereocenters. The minimum atomic E-state index is -5.29. The third-order valence-electron chi connectivity index (χ3n) is 6.49. The molecule has 18 heteroatoms. The van der Waals surface area contributed by atoms with Gasteiger partial charge in [-0.2, -0.15) is 0 Å². The number of carbonyl (C=O) groups excluding carboxylic acids is 2. The molecule has 8 atom stereocenters. The summed E-state index contributed by atoms with van der Waals surface area (Å²) in [6, 6.07) is 0. The zero-order chi connectivity index (χ0) is 32.6. The van der Waals surface area contributed by atoms with E-state index >= 15 is 0 Å². The fourth-order valence-electron chi connectivity index (χ4n) is 4.18. The lowest BCUT2D eigenvalue weighted by Crippen LogP contribution is -2.64. The number of unbranched alkanes of at least 4 members (excludes halogenated alkanes) is 7. The van der Waals surface area contributed by atoms with Gasteiger partial charge >= 0.3 is 27.6 Å². The van der Waals surface area contributed by atoms with Crippen LogP contribution in [0.1, 0.15) is 77.6 Å². The van der Waals surface area contributed by atoms with Crippen LogP contribution in [-0.4, -0.2) is 103 Å². The SMILES string of the molecule is C=CCCCCCC(=O)O[C@H](COC(=O)CCCCCCC)COP(=O)(O)OC1[C@H](O)[C@H](O)C(OP(=O)(O)O)[C@H](O)[C@H]1O. The number of ether oxygens (including phenoxy) is 2. The minimum Gasteiger partial charge on any atom is -0.462 e. The summed E-state index contributed by atoms with van der Waals surface area (Å²) in [5.74, 6) is -1.26. The van der Waals surface area contributed by atoms with Crippen LogP contribution in [0.4, 0.5) is 0 Å². The topological polar surface area (TPSA) is 256 Å². The second-order valence-corrected chi connectivity index (χ2v) is 12.8. The van der Waals surface area contributed by atoms with Crippen molar-refractivity contribution in [2.24, 2.45) is 0 Å². The van der Waals surface area contributed by atoms with Gasteiger partial charge in [0, 0.05) is 12.8 Å². The molecule has 0 heterocycles. The molecule has 0 saturated heterocycles. The van der Waals surface area contributed by atoms with Gasteiger partial charge in [-0.25, -0.2) is 9.13 Å². The maximum Gasteiger partial charge on any atom is 0.472 e. The van der Waals surface area contributed by atoms with Gasteiger partial charge in [0.25, 0.3) is 0 Å². The molecule has 1 fully saturated rings. The highest BCUT2D eigenvalue weighted by Crippen LogP contribution is 2.48. The predicted molar refractivity (Wildman–Crippen MR) is 149 cm³/mol. The van der Waals surface area contributed by atoms with E-state index in [0.29, 0.717) is 12.8 Å². The van der Waals surface area contributed by atoms with Gasteiger partial charge in [0.05, 0.1) is 6.61 Å². The average molecular weight is 665 g/mol.